The Balaban J connectivity index is 1.69. The van der Waals surface area contributed by atoms with Gasteiger partial charge in [0.15, 0.2) is 11.6 Å². The van der Waals surface area contributed by atoms with Crippen LogP contribution in [0.1, 0.15) is 78.6 Å². The van der Waals surface area contributed by atoms with Crippen LogP contribution in [0.2, 0.25) is 0 Å². The van der Waals surface area contributed by atoms with E-state index in [-0.39, 0.29) is 24.9 Å². The van der Waals surface area contributed by atoms with Crippen LogP contribution in [0.4, 0.5) is 0 Å². The highest BCUT2D eigenvalue weighted by Gasteiger charge is 2.47. The Labute approximate surface area is 176 Å². The molecule has 0 aliphatic carbocycles. The van der Waals surface area contributed by atoms with Gasteiger partial charge >= 0.3 is 0 Å². The zero-order valence-corrected chi connectivity index (χ0v) is 18.7. The number of rotatable bonds is 13. The van der Waals surface area contributed by atoms with Gasteiger partial charge in [-0.05, 0) is 33.1 Å². The van der Waals surface area contributed by atoms with E-state index in [1.807, 2.05) is 13.8 Å². The Morgan fingerprint density at radius 3 is 2.31 bits per heavy atom. The van der Waals surface area contributed by atoms with Crippen LogP contribution < -0.4 is 0 Å². The van der Waals surface area contributed by atoms with E-state index in [1.54, 1.807) is 0 Å². The normalized spacial score (nSPS) is 28.9. The summed E-state index contributed by atoms with van der Waals surface area (Å²) in [6, 6.07) is 0. The predicted octanol–water partition coefficient (Wildman–Crippen LogP) is 3.94. The molecule has 0 unspecified atom stereocenters. The van der Waals surface area contributed by atoms with Crippen LogP contribution in [0.5, 0.6) is 0 Å². The van der Waals surface area contributed by atoms with E-state index in [4.69, 9.17) is 18.9 Å². The van der Waals surface area contributed by atoms with Crippen molar-refractivity contribution in [1.82, 2.24) is 0 Å². The second kappa shape index (κ2) is 11.8. The summed E-state index contributed by atoms with van der Waals surface area (Å²) in [7, 11) is 0. The lowest BCUT2D eigenvalue weighted by Crippen LogP contribution is -2.57. The molecule has 29 heavy (non-hydrogen) atoms. The van der Waals surface area contributed by atoms with Crippen molar-refractivity contribution in [3.05, 3.63) is 12.2 Å². The SMILES string of the molecule is CCCC1(CCCCCC/C=C/[C@@H]2COC(C)(C)O[C@@]2(CO)CCO)OCCO1. The van der Waals surface area contributed by atoms with Crippen LogP contribution in [0.25, 0.3) is 0 Å². The lowest BCUT2D eigenvalue weighted by atomic mass is 9.83. The van der Waals surface area contributed by atoms with Crippen LogP contribution in [0.15, 0.2) is 12.2 Å². The number of hydrogen-bond donors (Lipinski definition) is 2. The molecule has 0 aromatic carbocycles. The minimum absolute atomic E-state index is 0.0199. The molecule has 2 fully saturated rings. The van der Waals surface area contributed by atoms with Gasteiger partial charge < -0.3 is 29.2 Å². The molecule has 0 spiro atoms. The largest absolute Gasteiger partial charge is 0.396 e. The highest BCUT2D eigenvalue weighted by Crippen LogP contribution is 2.38. The summed E-state index contributed by atoms with van der Waals surface area (Å²) in [5.41, 5.74) is -0.776. The molecule has 6 nitrogen and oxygen atoms in total. The van der Waals surface area contributed by atoms with Gasteiger partial charge in [-0.3, -0.25) is 0 Å². The summed E-state index contributed by atoms with van der Waals surface area (Å²) in [6.07, 6.45) is 13.3. The van der Waals surface area contributed by atoms with Crippen molar-refractivity contribution in [2.75, 3.05) is 33.0 Å². The number of aliphatic hydroxyl groups is 2. The summed E-state index contributed by atoms with van der Waals surface area (Å²) in [6.45, 7) is 7.66. The van der Waals surface area contributed by atoms with Crippen molar-refractivity contribution in [3.63, 3.8) is 0 Å². The van der Waals surface area contributed by atoms with Gasteiger partial charge in [-0.1, -0.05) is 38.3 Å². The first-order valence-electron chi connectivity index (χ1n) is 11.4. The maximum absolute atomic E-state index is 9.98. The van der Waals surface area contributed by atoms with E-state index in [9.17, 15) is 10.2 Å². The third kappa shape index (κ3) is 7.30. The molecule has 2 atom stereocenters. The quantitative estimate of drug-likeness (QED) is 0.351. The fourth-order valence-corrected chi connectivity index (χ4v) is 4.48. The van der Waals surface area contributed by atoms with Crippen molar-refractivity contribution in [3.8, 4) is 0 Å². The predicted molar refractivity (Wildman–Crippen MR) is 113 cm³/mol. The Morgan fingerprint density at radius 2 is 1.66 bits per heavy atom. The van der Waals surface area contributed by atoms with Gasteiger partial charge in [-0.15, -0.1) is 0 Å². The third-order valence-corrected chi connectivity index (χ3v) is 6.03. The molecule has 0 aromatic rings. The van der Waals surface area contributed by atoms with E-state index in [0.717, 1.165) is 51.7 Å². The fraction of sp³-hybridized carbons (Fsp3) is 0.913. The van der Waals surface area contributed by atoms with E-state index >= 15 is 0 Å². The standard InChI is InChI=1S/C23H42O6/c1-4-12-23(26-16-17-27-23)13-10-8-6-5-7-9-11-20-18-28-21(2,3)29-22(20,19-25)14-15-24/h9,11,20,24-25H,4-8,10,12-19H2,1-3H3/b11-9+/t20-,22-/m1/s1. The molecule has 2 N–H and O–H groups in total. The molecule has 0 radical (unpaired) electrons. The lowest BCUT2D eigenvalue weighted by Gasteiger charge is -2.48. The molecule has 0 aromatic heterocycles. The maximum Gasteiger partial charge on any atom is 0.168 e. The number of ether oxygens (including phenoxy) is 4. The van der Waals surface area contributed by atoms with E-state index in [1.165, 1.54) is 12.8 Å². The molecule has 2 rings (SSSR count). The number of unbranched alkanes of at least 4 members (excludes halogenated alkanes) is 4. The zero-order chi connectivity index (χ0) is 21.2. The van der Waals surface area contributed by atoms with Crippen LogP contribution in [-0.2, 0) is 18.9 Å². The van der Waals surface area contributed by atoms with E-state index < -0.39 is 11.4 Å². The molecule has 0 bridgehead atoms. The summed E-state index contributed by atoms with van der Waals surface area (Å²) in [5, 5.41) is 19.4. The Kier molecular flexibility index (Phi) is 10.1. The van der Waals surface area contributed by atoms with Crippen LogP contribution in [-0.4, -0.2) is 60.4 Å². The first kappa shape index (κ1) is 24.8. The molecule has 0 amide bonds. The minimum atomic E-state index is -0.776. The van der Waals surface area contributed by atoms with E-state index in [0.29, 0.717) is 13.0 Å². The van der Waals surface area contributed by atoms with Gasteiger partial charge in [0.1, 0.15) is 5.60 Å². The first-order valence-corrected chi connectivity index (χ1v) is 11.4. The van der Waals surface area contributed by atoms with Crippen molar-refractivity contribution in [2.45, 2.75) is 95.7 Å². The Hall–Kier alpha value is -0.500. The number of allylic oxidation sites excluding steroid dienone is 1. The average Bonchev–Trinajstić information content (AvgIpc) is 3.14. The molecule has 2 saturated heterocycles. The minimum Gasteiger partial charge on any atom is -0.396 e. The molecular formula is C23H42O6. The number of hydrogen-bond acceptors (Lipinski definition) is 6. The second-order valence-corrected chi connectivity index (χ2v) is 8.85. The van der Waals surface area contributed by atoms with Crippen LogP contribution in [0.3, 0.4) is 0 Å². The molecule has 2 aliphatic rings. The van der Waals surface area contributed by atoms with Gasteiger partial charge in [-0.2, -0.15) is 0 Å². The van der Waals surface area contributed by atoms with Crippen molar-refractivity contribution >= 4 is 0 Å². The second-order valence-electron chi connectivity index (χ2n) is 8.85. The summed E-state index contributed by atoms with van der Waals surface area (Å²) in [5.74, 6) is -1.12. The Bertz CT molecular complexity index is 486. The summed E-state index contributed by atoms with van der Waals surface area (Å²) < 4.78 is 23.5. The van der Waals surface area contributed by atoms with Gasteiger partial charge in [0.25, 0.3) is 0 Å². The molecule has 2 aliphatic heterocycles. The van der Waals surface area contributed by atoms with Gasteiger partial charge in [0.2, 0.25) is 0 Å². The molecule has 2 heterocycles. The van der Waals surface area contributed by atoms with Crippen molar-refractivity contribution < 1.29 is 29.2 Å². The van der Waals surface area contributed by atoms with Gasteiger partial charge in [0, 0.05) is 31.8 Å². The number of aliphatic hydroxyl groups excluding tert-OH is 2. The molecule has 0 saturated carbocycles. The smallest absolute Gasteiger partial charge is 0.168 e. The zero-order valence-electron chi connectivity index (χ0n) is 18.7. The van der Waals surface area contributed by atoms with Crippen LogP contribution in [0, 0.1) is 5.92 Å². The molecular weight excluding hydrogens is 372 g/mol. The molecule has 170 valence electrons. The maximum atomic E-state index is 9.98. The first-order chi connectivity index (χ1) is 13.9. The Morgan fingerprint density at radius 1 is 0.931 bits per heavy atom. The van der Waals surface area contributed by atoms with Crippen LogP contribution >= 0.6 is 0 Å². The van der Waals surface area contributed by atoms with Crippen molar-refractivity contribution in [2.24, 2.45) is 5.92 Å². The highest BCUT2D eigenvalue weighted by atomic mass is 16.7. The third-order valence-electron chi connectivity index (χ3n) is 6.03. The average molecular weight is 415 g/mol. The monoisotopic (exact) mass is 414 g/mol. The highest BCUT2D eigenvalue weighted by molar-refractivity contribution is 5.03. The fourth-order valence-electron chi connectivity index (χ4n) is 4.48. The van der Waals surface area contributed by atoms with Crippen molar-refractivity contribution in [1.29, 1.82) is 0 Å². The summed E-state index contributed by atoms with van der Waals surface area (Å²) >= 11 is 0. The topological polar surface area (TPSA) is 77.4 Å². The van der Waals surface area contributed by atoms with Gasteiger partial charge in [0.05, 0.1) is 26.4 Å². The van der Waals surface area contributed by atoms with E-state index in [2.05, 4.69) is 19.1 Å². The lowest BCUT2D eigenvalue weighted by molar-refractivity contribution is -0.334. The molecule has 6 heteroatoms. The summed E-state index contributed by atoms with van der Waals surface area (Å²) in [4.78, 5) is 0. The van der Waals surface area contributed by atoms with Gasteiger partial charge in [-0.25, -0.2) is 0 Å².